The lowest BCUT2D eigenvalue weighted by atomic mass is 10.3. The van der Waals surface area contributed by atoms with Gasteiger partial charge in [-0.2, -0.15) is 0 Å². The number of hydrogen-bond donors (Lipinski definition) is 1. The second kappa shape index (κ2) is 8.31. The van der Waals surface area contributed by atoms with E-state index < -0.39 is 23.8 Å². The second-order valence-electron chi connectivity index (χ2n) is 4.85. The van der Waals surface area contributed by atoms with E-state index in [2.05, 4.69) is 5.32 Å². The van der Waals surface area contributed by atoms with Crippen molar-refractivity contribution in [2.24, 2.45) is 0 Å². The van der Waals surface area contributed by atoms with Crippen LogP contribution in [0.25, 0.3) is 0 Å². The van der Waals surface area contributed by atoms with Crippen LogP contribution in [0.2, 0.25) is 5.02 Å². The molecule has 1 atom stereocenters. The van der Waals surface area contributed by atoms with Crippen LogP contribution in [-0.2, 0) is 14.3 Å². The number of carbonyl (C=O) groups is 2. The third-order valence-corrected chi connectivity index (χ3v) is 3.20. The van der Waals surface area contributed by atoms with Crippen molar-refractivity contribution in [2.45, 2.75) is 13.0 Å². The minimum Gasteiger partial charge on any atom is -0.482 e. The molecule has 5 nitrogen and oxygen atoms in total. The summed E-state index contributed by atoms with van der Waals surface area (Å²) in [7, 11) is 0. The van der Waals surface area contributed by atoms with Gasteiger partial charge in [-0.1, -0.05) is 29.8 Å². The monoisotopic (exact) mass is 351 g/mol. The molecule has 0 aromatic heterocycles. The van der Waals surface area contributed by atoms with Gasteiger partial charge in [0.25, 0.3) is 5.91 Å². The van der Waals surface area contributed by atoms with Crippen molar-refractivity contribution in [3.8, 4) is 5.75 Å². The summed E-state index contributed by atoms with van der Waals surface area (Å²) in [5.41, 5.74) is 0.0144. The van der Waals surface area contributed by atoms with Gasteiger partial charge in [-0.05, 0) is 37.3 Å². The van der Waals surface area contributed by atoms with Gasteiger partial charge >= 0.3 is 5.97 Å². The van der Waals surface area contributed by atoms with Gasteiger partial charge in [-0.15, -0.1) is 0 Å². The van der Waals surface area contributed by atoms with Gasteiger partial charge in [0.05, 0.1) is 5.69 Å². The molecule has 0 saturated carbocycles. The molecule has 1 N–H and O–H groups in total. The minimum absolute atomic E-state index is 0.0144. The molecule has 24 heavy (non-hydrogen) atoms. The molecule has 0 heterocycles. The Hall–Kier alpha value is -2.60. The molecular formula is C17H15ClFNO4. The third-order valence-electron chi connectivity index (χ3n) is 2.96. The topological polar surface area (TPSA) is 64.6 Å². The van der Waals surface area contributed by atoms with Crippen LogP contribution < -0.4 is 10.1 Å². The molecule has 0 aliphatic rings. The van der Waals surface area contributed by atoms with E-state index in [4.69, 9.17) is 21.1 Å². The normalized spacial score (nSPS) is 11.5. The summed E-state index contributed by atoms with van der Waals surface area (Å²) in [6, 6.07) is 12.2. The quantitative estimate of drug-likeness (QED) is 0.810. The Morgan fingerprint density at radius 3 is 2.67 bits per heavy atom. The Labute approximate surface area is 143 Å². The molecule has 0 aliphatic heterocycles. The number of benzene rings is 2. The minimum atomic E-state index is -1.10. The smallest absolute Gasteiger partial charge is 0.344 e. The Morgan fingerprint density at radius 1 is 1.21 bits per heavy atom. The zero-order chi connectivity index (χ0) is 17.5. The first kappa shape index (κ1) is 17.7. The summed E-state index contributed by atoms with van der Waals surface area (Å²) in [5.74, 6) is -1.54. The SMILES string of the molecule is C[C@H](OC(=O)COc1cccc(Cl)c1)C(=O)Nc1ccccc1F. The van der Waals surface area contributed by atoms with Gasteiger partial charge in [-0.25, -0.2) is 9.18 Å². The van der Waals surface area contributed by atoms with Crippen molar-refractivity contribution >= 4 is 29.2 Å². The highest BCUT2D eigenvalue weighted by Gasteiger charge is 2.19. The Morgan fingerprint density at radius 2 is 1.96 bits per heavy atom. The molecule has 0 bridgehead atoms. The molecular weight excluding hydrogens is 337 g/mol. The van der Waals surface area contributed by atoms with E-state index in [0.717, 1.165) is 0 Å². The van der Waals surface area contributed by atoms with E-state index in [0.29, 0.717) is 10.8 Å². The third kappa shape index (κ3) is 5.24. The van der Waals surface area contributed by atoms with Gasteiger partial charge < -0.3 is 14.8 Å². The number of amides is 1. The number of rotatable bonds is 6. The number of para-hydroxylation sites is 1. The van der Waals surface area contributed by atoms with Crippen molar-refractivity contribution < 1.29 is 23.5 Å². The molecule has 2 rings (SSSR count). The maximum absolute atomic E-state index is 13.5. The van der Waals surface area contributed by atoms with E-state index in [9.17, 15) is 14.0 Å². The average molecular weight is 352 g/mol. The molecule has 1 amide bonds. The van der Waals surface area contributed by atoms with E-state index >= 15 is 0 Å². The predicted molar refractivity (Wildman–Crippen MR) is 87.5 cm³/mol. The van der Waals surface area contributed by atoms with Gasteiger partial charge in [-0.3, -0.25) is 4.79 Å². The van der Waals surface area contributed by atoms with Crippen molar-refractivity contribution in [1.82, 2.24) is 0 Å². The Bertz CT molecular complexity index is 738. The highest BCUT2D eigenvalue weighted by molar-refractivity contribution is 6.30. The molecule has 0 radical (unpaired) electrons. The summed E-state index contributed by atoms with van der Waals surface area (Å²) in [6.07, 6.45) is -1.10. The van der Waals surface area contributed by atoms with E-state index in [1.165, 1.54) is 25.1 Å². The fourth-order valence-electron chi connectivity index (χ4n) is 1.78. The second-order valence-corrected chi connectivity index (χ2v) is 5.28. The number of esters is 1. The zero-order valence-corrected chi connectivity index (χ0v) is 13.5. The summed E-state index contributed by atoms with van der Waals surface area (Å²) in [5, 5.41) is 2.82. The van der Waals surface area contributed by atoms with Gasteiger partial charge in [0.15, 0.2) is 12.7 Å². The lowest BCUT2D eigenvalue weighted by Gasteiger charge is -2.14. The van der Waals surface area contributed by atoms with Gasteiger partial charge in [0, 0.05) is 5.02 Å². The standard InChI is InChI=1S/C17H15ClFNO4/c1-11(17(22)20-15-8-3-2-7-14(15)19)24-16(21)10-23-13-6-4-5-12(18)9-13/h2-9,11H,10H2,1H3,(H,20,22)/t11-/m0/s1. The van der Waals surface area contributed by atoms with Crippen molar-refractivity contribution in [2.75, 3.05) is 11.9 Å². The highest BCUT2D eigenvalue weighted by atomic mass is 35.5. The van der Waals surface area contributed by atoms with Crippen LogP contribution >= 0.6 is 11.6 Å². The van der Waals surface area contributed by atoms with Crippen molar-refractivity contribution in [3.05, 3.63) is 59.4 Å². The van der Waals surface area contributed by atoms with Crippen LogP contribution in [0.1, 0.15) is 6.92 Å². The van der Waals surface area contributed by atoms with Crippen molar-refractivity contribution in [3.63, 3.8) is 0 Å². The molecule has 0 unspecified atom stereocenters. The number of nitrogens with one attached hydrogen (secondary N) is 1. The van der Waals surface area contributed by atoms with Gasteiger partial charge in [0.1, 0.15) is 11.6 Å². The molecule has 0 fully saturated rings. The van der Waals surface area contributed by atoms with Crippen molar-refractivity contribution in [1.29, 1.82) is 0 Å². The molecule has 7 heteroatoms. The average Bonchev–Trinajstić information content (AvgIpc) is 2.55. The maximum Gasteiger partial charge on any atom is 0.344 e. The summed E-state index contributed by atoms with van der Waals surface area (Å²) in [4.78, 5) is 23.6. The van der Waals surface area contributed by atoms with Crippen LogP contribution in [0.15, 0.2) is 48.5 Å². The van der Waals surface area contributed by atoms with Gasteiger partial charge in [0.2, 0.25) is 0 Å². The van der Waals surface area contributed by atoms with Crippen LogP contribution in [0.4, 0.5) is 10.1 Å². The molecule has 0 aliphatic carbocycles. The van der Waals surface area contributed by atoms with E-state index in [1.807, 2.05) is 0 Å². The summed E-state index contributed by atoms with van der Waals surface area (Å²) in [6.45, 7) is 1.01. The fourth-order valence-corrected chi connectivity index (χ4v) is 1.96. The summed E-state index contributed by atoms with van der Waals surface area (Å²) < 4.78 is 23.6. The Balaban J connectivity index is 1.82. The van der Waals surface area contributed by atoms with Crippen LogP contribution in [-0.4, -0.2) is 24.6 Å². The van der Waals surface area contributed by atoms with Crippen LogP contribution in [0.3, 0.4) is 0 Å². The molecule has 0 spiro atoms. The number of halogens is 2. The Kier molecular flexibility index (Phi) is 6.14. The molecule has 126 valence electrons. The number of hydrogen-bond acceptors (Lipinski definition) is 4. The lowest BCUT2D eigenvalue weighted by molar-refractivity contribution is -0.155. The van der Waals surface area contributed by atoms with Crippen LogP contribution in [0.5, 0.6) is 5.75 Å². The van der Waals surface area contributed by atoms with E-state index in [-0.39, 0.29) is 12.3 Å². The predicted octanol–water partition coefficient (Wildman–Crippen LogP) is 3.43. The largest absolute Gasteiger partial charge is 0.482 e. The number of ether oxygens (including phenoxy) is 2. The zero-order valence-electron chi connectivity index (χ0n) is 12.8. The molecule has 2 aromatic carbocycles. The maximum atomic E-state index is 13.5. The first-order valence-electron chi connectivity index (χ1n) is 7.09. The molecule has 2 aromatic rings. The number of anilines is 1. The van der Waals surface area contributed by atoms with E-state index in [1.54, 1.807) is 30.3 Å². The highest BCUT2D eigenvalue weighted by Crippen LogP contribution is 2.17. The number of carbonyl (C=O) groups excluding carboxylic acids is 2. The summed E-state index contributed by atoms with van der Waals surface area (Å²) >= 11 is 5.80. The van der Waals surface area contributed by atoms with Crippen LogP contribution in [0, 0.1) is 5.82 Å². The molecule has 0 saturated heterocycles. The first-order chi connectivity index (χ1) is 11.5. The fraction of sp³-hybridized carbons (Fsp3) is 0.176. The lowest BCUT2D eigenvalue weighted by Crippen LogP contribution is -2.31. The first-order valence-corrected chi connectivity index (χ1v) is 7.47.